The SMILES string of the molecule is CC[C@H](C)[C@H]1C(=O)N(Cc2cccc3ccccc23)C[C@@H]2N(C(=O)NC(C)(C)c3ccccc3)CCC(=O)N12. The zero-order chi connectivity index (χ0) is 27.7. The van der Waals surface area contributed by atoms with Crippen LogP contribution in [0.3, 0.4) is 0 Å². The average Bonchev–Trinajstić information content (AvgIpc) is 2.94. The molecule has 0 aliphatic carbocycles. The summed E-state index contributed by atoms with van der Waals surface area (Å²) in [7, 11) is 0. The van der Waals surface area contributed by atoms with Gasteiger partial charge in [0.25, 0.3) is 0 Å². The number of hydrogen-bond donors (Lipinski definition) is 1. The maximum absolute atomic E-state index is 14.0. The van der Waals surface area contributed by atoms with E-state index in [1.807, 2.05) is 81.1 Å². The highest BCUT2D eigenvalue weighted by Crippen LogP contribution is 2.32. The van der Waals surface area contributed by atoms with Gasteiger partial charge in [0.1, 0.15) is 12.2 Å². The molecule has 0 radical (unpaired) electrons. The number of fused-ring (bicyclic) bond motifs is 2. The van der Waals surface area contributed by atoms with E-state index in [0.717, 1.165) is 28.3 Å². The number of hydrogen-bond acceptors (Lipinski definition) is 3. The molecule has 2 saturated heterocycles. The van der Waals surface area contributed by atoms with E-state index in [1.165, 1.54) is 0 Å². The first-order valence-corrected chi connectivity index (χ1v) is 13.9. The summed E-state index contributed by atoms with van der Waals surface area (Å²) in [6.07, 6.45) is 0.436. The number of piperazine rings is 1. The van der Waals surface area contributed by atoms with Crippen molar-refractivity contribution in [3.8, 4) is 0 Å². The molecular formula is C32H38N4O3. The van der Waals surface area contributed by atoms with Crippen LogP contribution in [-0.4, -0.2) is 57.8 Å². The highest BCUT2D eigenvalue weighted by molar-refractivity contribution is 5.92. The van der Waals surface area contributed by atoms with Crippen molar-refractivity contribution in [1.82, 2.24) is 20.0 Å². The molecule has 3 aromatic carbocycles. The molecule has 2 fully saturated rings. The molecule has 2 heterocycles. The highest BCUT2D eigenvalue weighted by atomic mass is 16.2. The zero-order valence-electron chi connectivity index (χ0n) is 23.3. The summed E-state index contributed by atoms with van der Waals surface area (Å²) in [6.45, 7) is 9.04. The molecular weight excluding hydrogens is 488 g/mol. The van der Waals surface area contributed by atoms with Gasteiger partial charge in [0.15, 0.2) is 0 Å². The predicted molar refractivity (Wildman–Crippen MR) is 153 cm³/mol. The van der Waals surface area contributed by atoms with E-state index in [4.69, 9.17) is 0 Å². The van der Waals surface area contributed by atoms with Gasteiger partial charge in [-0.1, -0.05) is 93.1 Å². The lowest BCUT2D eigenvalue weighted by Gasteiger charge is -2.53. The summed E-state index contributed by atoms with van der Waals surface area (Å²) >= 11 is 0. The lowest BCUT2D eigenvalue weighted by molar-refractivity contribution is -0.170. The molecule has 0 spiro atoms. The Balaban J connectivity index is 1.47. The van der Waals surface area contributed by atoms with Crippen LogP contribution >= 0.6 is 0 Å². The fraction of sp³-hybridized carbons (Fsp3) is 0.406. The molecule has 7 nitrogen and oxygen atoms in total. The smallest absolute Gasteiger partial charge is 0.319 e. The lowest BCUT2D eigenvalue weighted by atomic mass is 9.91. The molecule has 4 amide bonds. The summed E-state index contributed by atoms with van der Waals surface area (Å²) in [4.78, 5) is 46.4. The summed E-state index contributed by atoms with van der Waals surface area (Å²) < 4.78 is 0. The van der Waals surface area contributed by atoms with E-state index in [9.17, 15) is 14.4 Å². The van der Waals surface area contributed by atoms with Crippen molar-refractivity contribution in [2.45, 2.75) is 64.8 Å². The van der Waals surface area contributed by atoms with Crippen LogP contribution in [-0.2, 0) is 21.7 Å². The third-order valence-electron chi connectivity index (χ3n) is 8.38. The molecule has 0 saturated carbocycles. The van der Waals surface area contributed by atoms with Crippen LogP contribution in [0.25, 0.3) is 10.8 Å². The van der Waals surface area contributed by atoms with Crippen molar-refractivity contribution in [2.24, 2.45) is 5.92 Å². The van der Waals surface area contributed by atoms with E-state index in [-0.39, 0.29) is 36.7 Å². The van der Waals surface area contributed by atoms with Crippen LogP contribution in [0, 0.1) is 5.92 Å². The standard InChI is InChI=1S/C32H38N4O3/c1-5-22(2)29-30(38)34(20-24-14-11-13-23-12-9-10-17-26(23)24)21-27-35(19-18-28(37)36(27)29)31(39)33-32(3,4)25-15-7-6-8-16-25/h6-17,22,27,29H,5,18-21H2,1-4H3,(H,33,39)/t22-,27+,29-/m0/s1. The van der Waals surface area contributed by atoms with Crippen LogP contribution in [0.1, 0.15) is 51.7 Å². The number of nitrogens with one attached hydrogen (secondary N) is 1. The number of nitrogens with zero attached hydrogens (tertiary/aromatic N) is 3. The van der Waals surface area contributed by atoms with Crippen LogP contribution < -0.4 is 5.32 Å². The second-order valence-electron chi connectivity index (χ2n) is 11.3. The first kappa shape index (κ1) is 26.7. The van der Waals surface area contributed by atoms with Crippen LogP contribution in [0.2, 0.25) is 0 Å². The molecule has 0 unspecified atom stereocenters. The summed E-state index contributed by atoms with van der Waals surface area (Å²) in [5, 5.41) is 5.42. The van der Waals surface area contributed by atoms with Crippen LogP contribution in [0.15, 0.2) is 72.8 Å². The maximum atomic E-state index is 14.0. The van der Waals surface area contributed by atoms with Crippen molar-refractivity contribution in [3.05, 3.63) is 83.9 Å². The average molecular weight is 527 g/mol. The van der Waals surface area contributed by atoms with Crippen molar-refractivity contribution in [2.75, 3.05) is 13.1 Å². The largest absolute Gasteiger partial charge is 0.333 e. The first-order valence-electron chi connectivity index (χ1n) is 13.9. The minimum Gasteiger partial charge on any atom is -0.333 e. The Morgan fingerprint density at radius 1 is 1.00 bits per heavy atom. The highest BCUT2D eigenvalue weighted by Gasteiger charge is 2.50. The Kier molecular flexibility index (Phi) is 7.34. The fourth-order valence-electron chi connectivity index (χ4n) is 5.95. The molecule has 3 aromatic rings. The minimum atomic E-state index is -0.603. The topological polar surface area (TPSA) is 73.0 Å². The molecule has 3 atom stereocenters. The van der Waals surface area contributed by atoms with Gasteiger partial charge < -0.3 is 20.0 Å². The molecule has 2 aliphatic rings. The minimum absolute atomic E-state index is 0.0389. The summed E-state index contributed by atoms with van der Waals surface area (Å²) in [6, 6.07) is 23.3. The fourth-order valence-corrected chi connectivity index (χ4v) is 5.95. The van der Waals surface area contributed by atoms with E-state index >= 15 is 0 Å². The molecule has 0 bridgehead atoms. The Morgan fingerprint density at radius 3 is 2.44 bits per heavy atom. The second-order valence-corrected chi connectivity index (χ2v) is 11.3. The molecule has 0 aromatic heterocycles. The quantitative estimate of drug-likeness (QED) is 0.486. The molecule has 5 rings (SSSR count). The Bertz CT molecular complexity index is 1370. The van der Waals surface area contributed by atoms with Gasteiger partial charge >= 0.3 is 6.03 Å². The van der Waals surface area contributed by atoms with Gasteiger partial charge in [0, 0.05) is 19.5 Å². The maximum Gasteiger partial charge on any atom is 0.319 e. The van der Waals surface area contributed by atoms with Crippen LogP contribution in [0.5, 0.6) is 0 Å². The van der Waals surface area contributed by atoms with Gasteiger partial charge in [-0.2, -0.15) is 0 Å². The normalized spacial score (nSPS) is 20.7. The molecule has 204 valence electrons. The third-order valence-corrected chi connectivity index (χ3v) is 8.38. The molecule has 1 N–H and O–H groups in total. The van der Waals surface area contributed by atoms with Gasteiger partial charge in [-0.15, -0.1) is 0 Å². The lowest BCUT2D eigenvalue weighted by Crippen LogP contribution is -2.73. The van der Waals surface area contributed by atoms with Crippen molar-refractivity contribution in [1.29, 1.82) is 0 Å². The summed E-state index contributed by atoms with van der Waals surface area (Å²) in [5.41, 5.74) is 1.45. The van der Waals surface area contributed by atoms with E-state index in [1.54, 1.807) is 9.80 Å². The number of urea groups is 1. The number of carbonyl (C=O) groups excluding carboxylic acids is 3. The van der Waals surface area contributed by atoms with Crippen LogP contribution in [0.4, 0.5) is 4.79 Å². The van der Waals surface area contributed by atoms with Gasteiger partial charge in [0.05, 0.1) is 12.1 Å². The van der Waals surface area contributed by atoms with Crippen molar-refractivity contribution >= 4 is 28.6 Å². The molecule has 39 heavy (non-hydrogen) atoms. The number of carbonyl (C=O) groups is 3. The van der Waals surface area contributed by atoms with Crippen molar-refractivity contribution in [3.63, 3.8) is 0 Å². The van der Waals surface area contributed by atoms with E-state index in [0.29, 0.717) is 13.1 Å². The van der Waals surface area contributed by atoms with Gasteiger partial charge in [-0.25, -0.2) is 4.79 Å². The third kappa shape index (κ3) is 5.10. The number of rotatable bonds is 6. The molecule has 2 aliphatic heterocycles. The Hall–Kier alpha value is -3.87. The van der Waals surface area contributed by atoms with Gasteiger partial charge in [-0.3, -0.25) is 9.59 Å². The van der Waals surface area contributed by atoms with E-state index in [2.05, 4.69) is 29.6 Å². The second kappa shape index (κ2) is 10.7. The first-order chi connectivity index (χ1) is 18.7. The number of benzene rings is 3. The molecule has 7 heteroatoms. The monoisotopic (exact) mass is 526 g/mol. The Morgan fingerprint density at radius 2 is 1.69 bits per heavy atom. The summed E-state index contributed by atoms with van der Waals surface area (Å²) in [5.74, 6) is -0.147. The predicted octanol–water partition coefficient (Wildman–Crippen LogP) is 5.10. The zero-order valence-corrected chi connectivity index (χ0v) is 23.3. The Labute approximate surface area is 230 Å². The van der Waals surface area contributed by atoms with Gasteiger partial charge in [0.2, 0.25) is 11.8 Å². The van der Waals surface area contributed by atoms with Crippen molar-refractivity contribution < 1.29 is 14.4 Å². The number of amides is 4. The van der Waals surface area contributed by atoms with Gasteiger partial charge in [-0.05, 0) is 41.7 Å². The van der Waals surface area contributed by atoms with E-state index < -0.39 is 17.7 Å².